The molecule has 2 rings (SSSR count). The van der Waals surface area contributed by atoms with Gasteiger partial charge < -0.3 is 4.90 Å². The Morgan fingerprint density at radius 2 is 1.89 bits per heavy atom. The Morgan fingerprint density at radius 3 is 2.47 bits per heavy atom. The van der Waals surface area contributed by atoms with Gasteiger partial charge in [0.05, 0.1) is 12.8 Å². The molecule has 1 aliphatic heterocycles. The quantitative estimate of drug-likeness (QED) is 0.705. The van der Waals surface area contributed by atoms with Gasteiger partial charge in [-0.05, 0) is 25.8 Å². The Labute approximate surface area is 115 Å². The maximum absolute atomic E-state index is 12.0. The van der Waals surface area contributed by atoms with Crippen molar-refractivity contribution in [3.63, 3.8) is 0 Å². The second-order valence-electron chi connectivity index (χ2n) is 5.53. The summed E-state index contributed by atoms with van der Waals surface area (Å²) in [6, 6.07) is 0.437. The summed E-state index contributed by atoms with van der Waals surface area (Å²) in [5, 5.41) is 0. The summed E-state index contributed by atoms with van der Waals surface area (Å²) in [6.07, 6.45) is 4.26. The fourth-order valence-corrected chi connectivity index (χ4v) is 3.28. The zero-order chi connectivity index (χ0) is 14.0. The van der Waals surface area contributed by atoms with Gasteiger partial charge >= 0.3 is 0 Å². The van der Waals surface area contributed by atoms with Crippen LogP contribution in [0.5, 0.6) is 0 Å². The molecule has 0 unspecified atom stereocenters. The highest BCUT2D eigenvalue weighted by Crippen LogP contribution is 2.25. The van der Waals surface area contributed by atoms with E-state index in [9.17, 15) is 13.2 Å². The van der Waals surface area contributed by atoms with Gasteiger partial charge in [-0.25, -0.2) is 12.7 Å². The summed E-state index contributed by atoms with van der Waals surface area (Å²) in [5.41, 5.74) is 0. The first-order chi connectivity index (χ1) is 8.88. The largest absolute Gasteiger partial charge is 0.342 e. The van der Waals surface area contributed by atoms with Crippen LogP contribution in [0, 0.1) is 0 Å². The Kier molecular flexibility index (Phi) is 4.47. The highest BCUT2D eigenvalue weighted by molar-refractivity contribution is 7.88. The molecule has 7 heteroatoms. The Morgan fingerprint density at radius 1 is 1.21 bits per heavy atom. The number of hydrogen-bond donors (Lipinski definition) is 0. The fourth-order valence-electron chi connectivity index (χ4n) is 2.41. The van der Waals surface area contributed by atoms with Crippen molar-refractivity contribution in [3.05, 3.63) is 0 Å². The number of hydrogen-bond acceptors (Lipinski definition) is 4. The standard InChI is InChI=1S/C12H23N3O3S/c1-13(11-4-5-11)12(16)10-14-6-3-7-15(9-8-14)19(2,17)18/h11H,3-10H2,1-2H3. The van der Waals surface area contributed by atoms with Crippen molar-refractivity contribution in [2.75, 3.05) is 46.0 Å². The molecule has 0 aromatic heterocycles. The molecule has 0 atom stereocenters. The number of rotatable bonds is 4. The van der Waals surface area contributed by atoms with Crippen molar-refractivity contribution >= 4 is 15.9 Å². The van der Waals surface area contributed by atoms with Gasteiger partial charge in [-0.15, -0.1) is 0 Å². The first-order valence-corrected chi connectivity index (χ1v) is 8.66. The van der Waals surface area contributed by atoms with Gasteiger partial charge in [0.25, 0.3) is 0 Å². The molecule has 19 heavy (non-hydrogen) atoms. The topological polar surface area (TPSA) is 60.9 Å². The van der Waals surface area contributed by atoms with Crippen molar-refractivity contribution in [2.24, 2.45) is 0 Å². The van der Waals surface area contributed by atoms with Crippen LogP contribution < -0.4 is 0 Å². The van der Waals surface area contributed by atoms with E-state index in [-0.39, 0.29) is 5.91 Å². The Hall–Kier alpha value is -0.660. The number of carbonyl (C=O) groups is 1. The van der Waals surface area contributed by atoms with E-state index in [1.54, 1.807) is 0 Å². The second kappa shape index (κ2) is 5.76. The zero-order valence-corrected chi connectivity index (χ0v) is 12.5. The van der Waals surface area contributed by atoms with Crippen molar-refractivity contribution in [1.82, 2.24) is 14.1 Å². The first-order valence-electron chi connectivity index (χ1n) is 6.81. The van der Waals surface area contributed by atoms with Crippen LogP contribution in [0.2, 0.25) is 0 Å². The molecule has 1 saturated carbocycles. The van der Waals surface area contributed by atoms with E-state index in [0.717, 1.165) is 25.8 Å². The van der Waals surface area contributed by atoms with E-state index >= 15 is 0 Å². The lowest BCUT2D eigenvalue weighted by Crippen LogP contribution is -2.41. The first kappa shape index (κ1) is 14.7. The van der Waals surface area contributed by atoms with Gasteiger partial charge in [-0.3, -0.25) is 9.69 Å². The van der Waals surface area contributed by atoms with E-state index < -0.39 is 10.0 Å². The molecule has 2 aliphatic rings. The molecule has 0 N–H and O–H groups in total. The lowest BCUT2D eigenvalue weighted by Gasteiger charge is -2.23. The third-order valence-electron chi connectivity index (χ3n) is 3.86. The fraction of sp³-hybridized carbons (Fsp3) is 0.917. The molecule has 0 radical (unpaired) electrons. The lowest BCUT2D eigenvalue weighted by molar-refractivity contribution is -0.131. The average molecular weight is 289 g/mol. The minimum Gasteiger partial charge on any atom is -0.342 e. The van der Waals surface area contributed by atoms with Gasteiger partial charge in [0.1, 0.15) is 0 Å². The number of sulfonamides is 1. The van der Waals surface area contributed by atoms with Crippen LogP contribution >= 0.6 is 0 Å². The Bertz CT molecular complexity index is 434. The average Bonchev–Trinajstić information content (AvgIpc) is 3.13. The molecule has 1 aliphatic carbocycles. The van der Waals surface area contributed by atoms with Crippen LogP contribution in [0.3, 0.4) is 0 Å². The zero-order valence-electron chi connectivity index (χ0n) is 11.7. The number of likely N-dealkylation sites (N-methyl/N-ethyl adjacent to an activating group) is 1. The van der Waals surface area contributed by atoms with Crippen LogP contribution in [0.25, 0.3) is 0 Å². The van der Waals surface area contributed by atoms with Crippen LogP contribution in [-0.2, 0) is 14.8 Å². The summed E-state index contributed by atoms with van der Waals surface area (Å²) in [4.78, 5) is 15.9. The SMILES string of the molecule is CN(C(=O)CN1CCCN(S(C)(=O)=O)CC1)C1CC1. The predicted molar refractivity (Wildman–Crippen MR) is 73.3 cm³/mol. The summed E-state index contributed by atoms with van der Waals surface area (Å²) in [6.45, 7) is 2.87. The molecular weight excluding hydrogens is 266 g/mol. The summed E-state index contributed by atoms with van der Waals surface area (Å²) in [5.74, 6) is 0.148. The van der Waals surface area contributed by atoms with E-state index in [4.69, 9.17) is 0 Å². The smallest absolute Gasteiger partial charge is 0.236 e. The van der Waals surface area contributed by atoms with Crippen molar-refractivity contribution in [3.8, 4) is 0 Å². The molecule has 2 fully saturated rings. The number of carbonyl (C=O) groups excluding carboxylic acids is 1. The molecule has 1 saturated heterocycles. The third kappa shape index (κ3) is 4.15. The molecule has 6 nitrogen and oxygen atoms in total. The minimum absolute atomic E-state index is 0.148. The van der Waals surface area contributed by atoms with E-state index in [2.05, 4.69) is 4.90 Å². The van der Waals surface area contributed by atoms with Gasteiger partial charge in [-0.2, -0.15) is 0 Å². The summed E-state index contributed by atoms with van der Waals surface area (Å²) < 4.78 is 24.5. The maximum Gasteiger partial charge on any atom is 0.236 e. The molecule has 1 amide bonds. The van der Waals surface area contributed by atoms with Crippen molar-refractivity contribution in [1.29, 1.82) is 0 Å². The van der Waals surface area contributed by atoms with Crippen LogP contribution in [0.1, 0.15) is 19.3 Å². The summed E-state index contributed by atoms with van der Waals surface area (Å²) >= 11 is 0. The molecule has 0 aromatic rings. The Balaban J connectivity index is 1.84. The van der Waals surface area contributed by atoms with Crippen LogP contribution in [0.4, 0.5) is 0 Å². The normalized spacial score (nSPS) is 23.1. The van der Waals surface area contributed by atoms with Gasteiger partial charge in [-0.1, -0.05) is 0 Å². The van der Waals surface area contributed by atoms with Crippen molar-refractivity contribution < 1.29 is 13.2 Å². The molecule has 0 spiro atoms. The van der Waals surface area contributed by atoms with Gasteiger partial charge in [0.15, 0.2) is 0 Å². The molecule has 0 bridgehead atoms. The van der Waals surface area contributed by atoms with Gasteiger partial charge in [0, 0.05) is 32.7 Å². The molecule has 1 heterocycles. The van der Waals surface area contributed by atoms with Crippen molar-refractivity contribution in [2.45, 2.75) is 25.3 Å². The van der Waals surface area contributed by atoms with E-state index in [0.29, 0.717) is 32.2 Å². The number of amides is 1. The monoisotopic (exact) mass is 289 g/mol. The highest BCUT2D eigenvalue weighted by atomic mass is 32.2. The second-order valence-corrected chi connectivity index (χ2v) is 7.51. The predicted octanol–water partition coefficient (Wildman–Crippen LogP) is -0.425. The van der Waals surface area contributed by atoms with E-state index in [1.165, 1.54) is 10.6 Å². The minimum atomic E-state index is -3.11. The van der Waals surface area contributed by atoms with Crippen LogP contribution in [0.15, 0.2) is 0 Å². The van der Waals surface area contributed by atoms with Gasteiger partial charge in [0.2, 0.25) is 15.9 Å². The lowest BCUT2D eigenvalue weighted by atomic mass is 10.3. The molecule has 0 aromatic carbocycles. The molecule has 110 valence electrons. The molecular formula is C12H23N3O3S. The maximum atomic E-state index is 12.0. The van der Waals surface area contributed by atoms with E-state index in [1.807, 2.05) is 11.9 Å². The highest BCUT2D eigenvalue weighted by Gasteiger charge is 2.30. The number of nitrogens with zero attached hydrogens (tertiary/aromatic N) is 3. The third-order valence-corrected chi connectivity index (χ3v) is 5.17. The summed E-state index contributed by atoms with van der Waals surface area (Å²) in [7, 11) is -1.25. The van der Waals surface area contributed by atoms with Crippen LogP contribution in [-0.4, -0.2) is 80.5 Å².